The molecular weight excluding hydrogens is 370 g/mol. The first-order valence-electron chi connectivity index (χ1n) is 9.50. The standard InChI is InChI=1S/C21H23N5OS/c1-15-10-11-16(2)18(14-15)26-21(22-23-24-26)28-19(17-8-4-3-5-9-17)20(27)25-12-6-7-13-25/h3-5,8-11,14,19H,6-7,12-13H2,1-2H3/t19-/m1/s1. The highest BCUT2D eigenvalue weighted by Crippen LogP contribution is 2.37. The topological polar surface area (TPSA) is 63.9 Å². The third-order valence-electron chi connectivity index (χ3n) is 5.00. The van der Waals surface area contributed by atoms with Crippen LogP contribution in [0.4, 0.5) is 0 Å². The van der Waals surface area contributed by atoms with Gasteiger partial charge in [-0.15, -0.1) is 5.10 Å². The third-order valence-corrected chi connectivity index (χ3v) is 6.18. The molecule has 1 aliphatic heterocycles. The number of aryl methyl sites for hydroxylation is 2. The van der Waals surface area contributed by atoms with E-state index in [1.165, 1.54) is 11.8 Å². The molecule has 144 valence electrons. The fraction of sp³-hybridized carbons (Fsp3) is 0.333. The Bertz CT molecular complexity index is 966. The molecule has 1 saturated heterocycles. The molecule has 1 amide bonds. The lowest BCUT2D eigenvalue weighted by atomic mass is 10.1. The molecule has 7 heteroatoms. The minimum absolute atomic E-state index is 0.129. The maximum atomic E-state index is 13.3. The van der Waals surface area contributed by atoms with Gasteiger partial charge in [0.05, 0.1) is 5.69 Å². The number of aromatic nitrogens is 4. The van der Waals surface area contributed by atoms with Gasteiger partial charge in [-0.2, -0.15) is 4.68 Å². The normalized spacial score (nSPS) is 15.0. The van der Waals surface area contributed by atoms with Crippen molar-refractivity contribution in [3.63, 3.8) is 0 Å². The molecule has 0 saturated carbocycles. The molecule has 4 rings (SSSR count). The molecule has 1 aliphatic rings. The van der Waals surface area contributed by atoms with Crippen LogP contribution in [0.2, 0.25) is 0 Å². The number of carbonyl (C=O) groups excluding carboxylic acids is 1. The van der Waals surface area contributed by atoms with Gasteiger partial charge in [0.2, 0.25) is 11.1 Å². The Morgan fingerprint density at radius 3 is 2.57 bits per heavy atom. The second-order valence-corrected chi connectivity index (χ2v) is 8.18. The highest BCUT2D eigenvalue weighted by Gasteiger charge is 2.30. The second kappa shape index (κ2) is 8.14. The number of likely N-dealkylation sites (tertiary alicyclic amines) is 1. The van der Waals surface area contributed by atoms with Crippen molar-refractivity contribution in [2.24, 2.45) is 0 Å². The Morgan fingerprint density at radius 2 is 1.82 bits per heavy atom. The van der Waals surface area contributed by atoms with Crippen molar-refractivity contribution in [3.8, 4) is 5.69 Å². The summed E-state index contributed by atoms with van der Waals surface area (Å²) >= 11 is 1.42. The number of thioether (sulfide) groups is 1. The van der Waals surface area contributed by atoms with Gasteiger partial charge in [-0.1, -0.05) is 54.2 Å². The van der Waals surface area contributed by atoms with Gasteiger partial charge in [0.25, 0.3) is 0 Å². The van der Waals surface area contributed by atoms with Crippen molar-refractivity contribution in [3.05, 3.63) is 65.2 Å². The molecule has 0 unspecified atom stereocenters. The van der Waals surface area contributed by atoms with E-state index < -0.39 is 0 Å². The number of carbonyl (C=O) groups is 1. The van der Waals surface area contributed by atoms with E-state index in [9.17, 15) is 4.79 Å². The zero-order valence-electron chi connectivity index (χ0n) is 16.1. The molecule has 0 spiro atoms. The minimum Gasteiger partial charge on any atom is -0.341 e. The highest BCUT2D eigenvalue weighted by molar-refractivity contribution is 8.00. The zero-order chi connectivity index (χ0) is 19.5. The van der Waals surface area contributed by atoms with Crippen LogP contribution in [0.1, 0.15) is 34.8 Å². The van der Waals surface area contributed by atoms with E-state index >= 15 is 0 Å². The molecule has 1 atom stereocenters. The van der Waals surface area contributed by atoms with Gasteiger partial charge in [0, 0.05) is 13.1 Å². The molecule has 3 aromatic rings. The third kappa shape index (κ3) is 3.80. The summed E-state index contributed by atoms with van der Waals surface area (Å²) in [5.41, 5.74) is 4.13. The van der Waals surface area contributed by atoms with Crippen LogP contribution in [-0.4, -0.2) is 44.1 Å². The maximum absolute atomic E-state index is 13.3. The van der Waals surface area contributed by atoms with Crippen LogP contribution in [0.25, 0.3) is 5.69 Å². The Balaban J connectivity index is 1.69. The van der Waals surface area contributed by atoms with E-state index in [-0.39, 0.29) is 11.2 Å². The highest BCUT2D eigenvalue weighted by atomic mass is 32.2. The largest absolute Gasteiger partial charge is 0.341 e. The summed E-state index contributed by atoms with van der Waals surface area (Å²) in [6.45, 7) is 5.73. The first kappa shape index (κ1) is 18.7. The van der Waals surface area contributed by atoms with Gasteiger partial charge in [0.1, 0.15) is 5.25 Å². The minimum atomic E-state index is -0.367. The van der Waals surface area contributed by atoms with E-state index in [2.05, 4.69) is 33.7 Å². The molecule has 0 radical (unpaired) electrons. The first-order valence-corrected chi connectivity index (χ1v) is 10.4. The molecule has 0 bridgehead atoms. The maximum Gasteiger partial charge on any atom is 0.240 e. The van der Waals surface area contributed by atoms with E-state index in [4.69, 9.17) is 0 Å². The van der Waals surface area contributed by atoms with Gasteiger partial charge in [-0.25, -0.2) is 0 Å². The molecule has 0 N–H and O–H groups in total. The molecule has 2 aromatic carbocycles. The van der Waals surface area contributed by atoms with E-state index in [1.54, 1.807) is 4.68 Å². The van der Waals surface area contributed by atoms with Crippen molar-refractivity contribution >= 4 is 17.7 Å². The van der Waals surface area contributed by atoms with Gasteiger partial charge in [0.15, 0.2) is 0 Å². The van der Waals surface area contributed by atoms with Crippen LogP contribution in [0.3, 0.4) is 0 Å². The Morgan fingerprint density at radius 1 is 1.07 bits per heavy atom. The van der Waals surface area contributed by atoms with Crippen LogP contribution in [0.15, 0.2) is 53.7 Å². The number of tetrazole rings is 1. The average Bonchev–Trinajstić information content (AvgIpc) is 3.40. The van der Waals surface area contributed by atoms with Crippen molar-refractivity contribution < 1.29 is 4.79 Å². The van der Waals surface area contributed by atoms with E-state index in [0.717, 1.165) is 48.3 Å². The van der Waals surface area contributed by atoms with Gasteiger partial charge < -0.3 is 4.90 Å². The van der Waals surface area contributed by atoms with Crippen molar-refractivity contribution in [1.29, 1.82) is 0 Å². The van der Waals surface area contributed by atoms with Crippen LogP contribution >= 0.6 is 11.8 Å². The molecule has 0 aliphatic carbocycles. The van der Waals surface area contributed by atoms with E-state index in [1.807, 2.05) is 49.1 Å². The SMILES string of the molecule is Cc1ccc(C)c(-n2nnnc2S[C@@H](C(=O)N2CCCC2)c2ccccc2)c1. The van der Waals surface area contributed by atoms with Gasteiger partial charge >= 0.3 is 0 Å². The monoisotopic (exact) mass is 393 g/mol. The first-order chi connectivity index (χ1) is 13.6. The quantitative estimate of drug-likeness (QED) is 0.618. The van der Waals surface area contributed by atoms with Gasteiger partial charge in [-0.3, -0.25) is 4.79 Å². The summed E-state index contributed by atoms with van der Waals surface area (Å²) in [5.74, 6) is 0.129. The summed E-state index contributed by atoms with van der Waals surface area (Å²) in [6, 6.07) is 16.1. The molecule has 28 heavy (non-hydrogen) atoms. The number of hydrogen-bond acceptors (Lipinski definition) is 5. The van der Waals surface area contributed by atoms with Crippen LogP contribution < -0.4 is 0 Å². The summed E-state index contributed by atoms with van der Waals surface area (Å²) in [7, 11) is 0. The predicted octanol–water partition coefficient (Wildman–Crippen LogP) is 3.73. The fourth-order valence-electron chi connectivity index (χ4n) is 3.45. The summed E-state index contributed by atoms with van der Waals surface area (Å²) in [6.07, 6.45) is 2.14. The number of benzene rings is 2. The lowest BCUT2D eigenvalue weighted by Crippen LogP contribution is -2.31. The Kier molecular flexibility index (Phi) is 5.43. The Labute approximate surface area is 168 Å². The van der Waals surface area contributed by atoms with Gasteiger partial charge in [-0.05, 0) is 59.9 Å². The molecule has 1 aromatic heterocycles. The number of rotatable bonds is 5. The molecule has 1 fully saturated rings. The summed E-state index contributed by atoms with van der Waals surface area (Å²) < 4.78 is 1.74. The molecular formula is C21H23N5OS. The lowest BCUT2D eigenvalue weighted by molar-refractivity contribution is -0.129. The predicted molar refractivity (Wildman–Crippen MR) is 109 cm³/mol. The fourth-order valence-corrected chi connectivity index (χ4v) is 4.52. The average molecular weight is 394 g/mol. The van der Waals surface area contributed by atoms with Crippen molar-refractivity contribution in [2.75, 3.05) is 13.1 Å². The smallest absolute Gasteiger partial charge is 0.240 e. The number of hydrogen-bond donors (Lipinski definition) is 0. The van der Waals surface area contributed by atoms with Crippen LogP contribution in [-0.2, 0) is 4.79 Å². The zero-order valence-corrected chi connectivity index (χ0v) is 16.9. The number of amides is 1. The summed E-state index contributed by atoms with van der Waals surface area (Å²) in [5, 5.41) is 12.6. The van der Waals surface area contributed by atoms with Crippen molar-refractivity contribution in [2.45, 2.75) is 37.1 Å². The van der Waals surface area contributed by atoms with Crippen molar-refractivity contribution in [1.82, 2.24) is 25.1 Å². The summed E-state index contributed by atoms with van der Waals surface area (Å²) in [4.78, 5) is 15.2. The molecule has 2 heterocycles. The lowest BCUT2D eigenvalue weighted by Gasteiger charge is -2.22. The molecule has 6 nitrogen and oxygen atoms in total. The van der Waals surface area contributed by atoms with Crippen LogP contribution in [0, 0.1) is 13.8 Å². The van der Waals surface area contributed by atoms with E-state index in [0.29, 0.717) is 5.16 Å². The van der Waals surface area contributed by atoms with Crippen LogP contribution in [0.5, 0.6) is 0 Å². The Hall–Kier alpha value is -2.67. The second-order valence-electron chi connectivity index (χ2n) is 7.10. The number of nitrogens with zero attached hydrogens (tertiary/aromatic N) is 5.